The molecule has 2 atom stereocenters. The Bertz CT molecular complexity index is 1350. The van der Waals surface area contributed by atoms with E-state index in [-0.39, 0.29) is 29.7 Å². The molecule has 9 nitrogen and oxygen atoms in total. The second kappa shape index (κ2) is 9.75. The van der Waals surface area contributed by atoms with Gasteiger partial charge in [-0.3, -0.25) is 14.7 Å². The number of aromatic nitrogens is 2. The maximum atomic E-state index is 14.0. The Kier molecular flexibility index (Phi) is 6.51. The van der Waals surface area contributed by atoms with Crippen molar-refractivity contribution >= 4 is 41.0 Å². The van der Waals surface area contributed by atoms with Crippen molar-refractivity contribution in [1.82, 2.24) is 25.1 Å². The molecule has 2 aromatic carbocycles. The van der Waals surface area contributed by atoms with Crippen LogP contribution in [0.4, 0.5) is 4.79 Å². The quantitative estimate of drug-likeness (QED) is 0.539. The first-order valence-electron chi connectivity index (χ1n) is 11.3. The number of urea groups is 1. The molecule has 5 rings (SSSR count). The fourth-order valence-corrected chi connectivity index (χ4v) is 4.68. The molecule has 2 N–H and O–H groups in total. The Morgan fingerprint density at radius 1 is 1.06 bits per heavy atom. The SMILES string of the molecule is Cc1ncc(C2=N[C@@H](c3ccc(Cl)cc3)[C@@H](c3ccc(Cl)cc3)N2C(=O)N2CCNC(=O)C2)c(O)n1. The van der Waals surface area contributed by atoms with Crippen LogP contribution in [0, 0.1) is 6.92 Å². The fourth-order valence-electron chi connectivity index (χ4n) is 4.42. The maximum Gasteiger partial charge on any atom is 0.326 e. The molecular formula is C25H22Cl2N6O3. The van der Waals surface area contributed by atoms with Gasteiger partial charge in [0.05, 0.1) is 11.6 Å². The van der Waals surface area contributed by atoms with Crippen LogP contribution < -0.4 is 5.32 Å². The lowest BCUT2D eigenvalue weighted by Crippen LogP contribution is -2.55. The van der Waals surface area contributed by atoms with E-state index in [0.717, 1.165) is 11.1 Å². The average Bonchev–Trinajstić information content (AvgIpc) is 3.24. The van der Waals surface area contributed by atoms with E-state index in [1.807, 2.05) is 24.3 Å². The van der Waals surface area contributed by atoms with E-state index in [9.17, 15) is 14.7 Å². The van der Waals surface area contributed by atoms with Crippen LogP contribution in [0.1, 0.15) is 34.6 Å². The summed E-state index contributed by atoms with van der Waals surface area (Å²) < 4.78 is 0. The number of aliphatic imine (C=N–C) groups is 1. The number of halogens is 2. The predicted molar refractivity (Wildman–Crippen MR) is 135 cm³/mol. The van der Waals surface area contributed by atoms with E-state index < -0.39 is 18.1 Å². The molecule has 36 heavy (non-hydrogen) atoms. The zero-order valence-electron chi connectivity index (χ0n) is 19.2. The van der Waals surface area contributed by atoms with E-state index in [2.05, 4.69) is 15.3 Å². The van der Waals surface area contributed by atoms with Gasteiger partial charge in [0.2, 0.25) is 11.8 Å². The molecule has 3 amide bonds. The minimum atomic E-state index is -0.600. The van der Waals surface area contributed by atoms with Crippen molar-refractivity contribution in [3.8, 4) is 5.88 Å². The molecule has 0 spiro atoms. The van der Waals surface area contributed by atoms with Gasteiger partial charge in [0.15, 0.2) is 0 Å². The van der Waals surface area contributed by atoms with Crippen molar-refractivity contribution in [2.75, 3.05) is 19.6 Å². The summed E-state index contributed by atoms with van der Waals surface area (Å²) in [7, 11) is 0. The van der Waals surface area contributed by atoms with Crippen LogP contribution in [0.5, 0.6) is 5.88 Å². The third-order valence-electron chi connectivity index (χ3n) is 6.13. The zero-order valence-corrected chi connectivity index (χ0v) is 20.7. The number of amides is 3. The van der Waals surface area contributed by atoms with Crippen molar-refractivity contribution in [3.63, 3.8) is 0 Å². The van der Waals surface area contributed by atoms with E-state index in [1.165, 1.54) is 16.0 Å². The van der Waals surface area contributed by atoms with Gasteiger partial charge in [-0.25, -0.2) is 9.78 Å². The lowest BCUT2D eigenvalue weighted by Gasteiger charge is -2.35. The predicted octanol–water partition coefficient (Wildman–Crippen LogP) is 3.89. The third-order valence-corrected chi connectivity index (χ3v) is 6.64. The van der Waals surface area contributed by atoms with Crippen molar-refractivity contribution in [2.45, 2.75) is 19.0 Å². The Labute approximate surface area is 217 Å². The van der Waals surface area contributed by atoms with Gasteiger partial charge in [-0.15, -0.1) is 0 Å². The third kappa shape index (κ3) is 4.59. The smallest absolute Gasteiger partial charge is 0.326 e. The molecule has 3 aromatic rings. The number of benzene rings is 2. The molecule has 1 aromatic heterocycles. The summed E-state index contributed by atoms with van der Waals surface area (Å²) in [6.45, 7) is 2.25. The number of nitrogens with zero attached hydrogens (tertiary/aromatic N) is 5. The van der Waals surface area contributed by atoms with Gasteiger partial charge in [0, 0.05) is 29.3 Å². The van der Waals surface area contributed by atoms with Crippen LogP contribution in [0.25, 0.3) is 0 Å². The van der Waals surface area contributed by atoms with Crippen LogP contribution >= 0.6 is 23.2 Å². The molecular weight excluding hydrogens is 503 g/mol. The number of hydrogen-bond acceptors (Lipinski definition) is 6. The summed E-state index contributed by atoms with van der Waals surface area (Å²) >= 11 is 12.3. The first-order valence-corrected chi connectivity index (χ1v) is 12.0. The Morgan fingerprint density at radius 2 is 1.69 bits per heavy atom. The second-order valence-electron chi connectivity index (χ2n) is 8.52. The minimum absolute atomic E-state index is 0.0854. The molecule has 0 unspecified atom stereocenters. The molecule has 1 fully saturated rings. The Morgan fingerprint density at radius 3 is 2.31 bits per heavy atom. The molecule has 184 valence electrons. The zero-order chi connectivity index (χ0) is 25.4. The van der Waals surface area contributed by atoms with Gasteiger partial charge in [-0.1, -0.05) is 47.5 Å². The van der Waals surface area contributed by atoms with Crippen molar-refractivity contribution in [1.29, 1.82) is 0 Å². The molecule has 1 saturated heterocycles. The molecule has 0 radical (unpaired) electrons. The van der Waals surface area contributed by atoms with Crippen LogP contribution in [-0.4, -0.2) is 62.3 Å². The summed E-state index contributed by atoms with van der Waals surface area (Å²) in [5.74, 6) is 0.0560. The summed E-state index contributed by atoms with van der Waals surface area (Å²) in [5, 5.41) is 14.6. The van der Waals surface area contributed by atoms with Gasteiger partial charge in [-0.05, 0) is 42.3 Å². The van der Waals surface area contributed by atoms with Crippen LogP contribution in [0.2, 0.25) is 10.0 Å². The van der Waals surface area contributed by atoms with Crippen LogP contribution in [0.15, 0.2) is 59.7 Å². The lowest BCUT2D eigenvalue weighted by atomic mass is 9.94. The number of amidine groups is 1. The summed E-state index contributed by atoms with van der Waals surface area (Å²) in [5.41, 5.74) is 1.81. The van der Waals surface area contributed by atoms with Gasteiger partial charge in [-0.2, -0.15) is 4.98 Å². The highest BCUT2D eigenvalue weighted by atomic mass is 35.5. The van der Waals surface area contributed by atoms with Crippen LogP contribution in [-0.2, 0) is 4.79 Å². The van der Waals surface area contributed by atoms with Gasteiger partial charge >= 0.3 is 6.03 Å². The Balaban J connectivity index is 1.68. The molecule has 0 aliphatic carbocycles. The highest BCUT2D eigenvalue weighted by Gasteiger charge is 2.45. The number of aromatic hydroxyl groups is 1. The minimum Gasteiger partial charge on any atom is -0.493 e. The van der Waals surface area contributed by atoms with E-state index in [1.54, 1.807) is 31.2 Å². The molecule has 0 saturated carbocycles. The van der Waals surface area contributed by atoms with Crippen molar-refractivity contribution in [2.24, 2.45) is 4.99 Å². The number of rotatable bonds is 3. The Hall–Kier alpha value is -3.69. The summed E-state index contributed by atoms with van der Waals surface area (Å²) in [6.07, 6.45) is 1.45. The van der Waals surface area contributed by atoms with Gasteiger partial charge < -0.3 is 15.3 Å². The summed E-state index contributed by atoms with van der Waals surface area (Å²) in [6, 6.07) is 12.8. The number of carbonyl (C=O) groups is 2. The largest absolute Gasteiger partial charge is 0.493 e. The molecule has 11 heteroatoms. The maximum absolute atomic E-state index is 14.0. The highest BCUT2D eigenvalue weighted by molar-refractivity contribution is 6.30. The van der Waals surface area contributed by atoms with Crippen LogP contribution in [0.3, 0.4) is 0 Å². The molecule has 3 heterocycles. The van der Waals surface area contributed by atoms with Crippen molar-refractivity contribution < 1.29 is 14.7 Å². The monoisotopic (exact) mass is 524 g/mol. The number of nitrogens with one attached hydrogen (secondary N) is 1. The van der Waals surface area contributed by atoms with Gasteiger partial charge in [0.1, 0.15) is 24.2 Å². The summed E-state index contributed by atoms with van der Waals surface area (Å²) in [4.78, 5) is 42.3. The second-order valence-corrected chi connectivity index (χ2v) is 9.40. The topological polar surface area (TPSA) is 111 Å². The number of carbonyl (C=O) groups excluding carboxylic acids is 2. The van der Waals surface area contributed by atoms with Gasteiger partial charge in [0.25, 0.3) is 0 Å². The highest BCUT2D eigenvalue weighted by Crippen LogP contribution is 2.45. The van der Waals surface area contributed by atoms with E-state index >= 15 is 0 Å². The normalized spacial score (nSPS) is 19.8. The first-order chi connectivity index (χ1) is 17.3. The van der Waals surface area contributed by atoms with E-state index in [4.69, 9.17) is 28.2 Å². The number of piperazine rings is 1. The van der Waals surface area contributed by atoms with E-state index in [0.29, 0.717) is 29.0 Å². The number of hydrogen-bond donors (Lipinski definition) is 2. The first kappa shape index (κ1) is 24.0. The standard InChI is InChI=1S/C25H22Cl2N6O3/c1-14-29-12-19(24(35)30-14)23-31-21(15-2-6-17(26)7-3-15)22(16-4-8-18(27)9-5-16)33(23)25(36)32-11-10-28-20(34)13-32/h2-9,12,21-22H,10-11,13H2,1H3,(H,28,34)(H,29,30,35)/t21-,22+/m0/s1. The molecule has 0 bridgehead atoms. The molecule has 2 aliphatic heterocycles. The lowest BCUT2D eigenvalue weighted by molar-refractivity contribution is -0.123. The fraction of sp³-hybridized carbons (Fsp3) is 0.240. The number of aryl methyl sites for hydroxylation is 1. The average molecular weight is 525 g/mol. The van der Waals surface area contributed by atoms with Crippen molar-refractivity contribution in [3.05, 3.63) is 87.3 Å². The molecule has 2 aliphatic rings.